The number of aliphatic imine (C=N–C) groups is 1. The Balaban J connectivity index is 2.40. The summed E-state index contributed by atoms with van der Waals surface area (Å²) in [6.45, 7) is 3.48. The number of nitrogens with two attached hydrogens (primary N) is 2. The maximum absolute atomic E-state index is 11.9. The summed E-state index contributed by atoms with van der Waals surface area (Å²) in [5, 5.41) is 0. The van der Waals surface area contributed by atoms with Gasteiger partial charge in [0.2, 0.25) is 5.91 Å². The second kappa shape index (κ2) is 10.7. The quantitative estimate of drug-likeness (QED) is 0.297. The number of hydrogen-bond donors (Lipinski definition) is 2. The van der Waals surface area contributed by atoms with Crippen molar-refractivity contribution in [2.75, 3.05) is 13.1 Å². The summed E-state index contributed by atoms with van der Waals surface area (Å²) >= 11 is 0. The molecule has 0 saturated carbocycles. The maximum Gasteiger partial charge on any atom is 0.227 e. The number of rotatable bonds is 9. The molecule has 0 radical (unpaired) electrons. The second-order valence-corrected chi connectivity index (χ2v) is 5.26. The van der Waals surface area contributed by atoms with Crippen molar-refractivity contribution < 1.29 is 4.79 Å². The highest BCUT2D eigenvalue weighted by atomic mass is 16.2. The monoisotopic (exact) mass is 304 g/mol. The lowest BCUT2D eigenvalue weighted by molar-refractivity contribution is -0.126. The van der Waals surface area contributed by atoms with Gasteiger partial charge in [0.15, 0.2) is 5.96 Å². The van der Waals surface area contributed by atoms with Gasteiger partial charge in [-0.15, -0.1) is 0 Å². The molecular weight excluding hydrogens is 276 g/mol. The predicted molar refractivity (Wildman–Crippen MR) is 92.1 cm³/mol. The van der Waals surface area contributed by atoms with Gasteiger partial charge in [-0.05, 0) is 38.2 Å². The number of carbonyl (C=O) groups is 1. The molecule has 1 aliphatic rings. The molecule has 1 amide bonds. The number of hydrogen-bond acceptors (Lipinski definition) is 2. The molecule has 1 aliphatic heterocycles. The minimum absolute atomic E-state index is 0.125. The van der Waals surface area contributed by atoms with Crippen LogP contribution in [0.25, 0.3) is 0 Å². The predicted octanol–water partition coefficient (Wildman–Crippen LogP) is 2.46. The van der Waals surface area contributed by atoms with Crippen molar-refractivity contribution in [1.82, 2.24) is 4.90 Å². The first-order valence-electron chi connectivity index (χ1n) is 8.01. The summed E-state index contributed by atoms with van der Waals surface area (Å²) in [7, 11) is 0. The number of nitrogens with zero attached hydrogens (tertiary/aromatic N) is 2. The highest BCUT2D eigenvalue weighted by molar-refractivity contribution is 5.81. The van der Waals surface area contributed by atoms with Crippen molar-refractivity contribution >= 4 is 11.9 Å². The summed E-state index contributed by atoms with van der Waals surface area (Å²) in [6, 6.07) is 0. The van der Waals surface area contributed by atoms with E-state index in [1.165, 1.54) is 0 Å². The molecule has 1 rings (SSSR count). The van der Waals surface area contributed by atoms with Crippen molar-refractivity contribution in [1.29, 1.82) is 0 Å². The molecule has 0 aromatic heterocycles. The molecule has 5 heteroatoms. The lowest BCUT2D eigenvalue weighted by Crippen LogP contribution is -2.25. The molecule has 22 heavy (non-hydrogen) atoms. The molecule has 1 heterocycles. The van der Waals surface area contributed by atoms with Crippen molar-refractivity contribution in [2.24, 2.45) is 16.5 Å². The molecule has 1 saturated heterocycles. The Kier molecular flexibility index (Phi) is 8.72. The SMILES string of the molecule is CCC=CCC=CC=C1CCC(=O)N1CCCCN=C(N)N. The zero-order chi connectivity index (χ0) is 16.2. The third-order valence-corrected chi connectivity index (χ3v) is 3.43. The average Bonchev–Trinajstić information content (AvgIpc) is 2.83. The van der Waals surface area contributed by atoms with E-state index in [0.29, 0.717) is 13.0 Å². The van der Waals surface area contributed by atoms with E-state index in [9.17, 15) is 4.79 Å². The van der Waals surface area contributed by atoms with Crippen LogP contribution in [0.2, 0.25) is 0 Å². The topological polar surface area (TPSA) is 84.7 Å². The van der Waals surface area contributed by atoms with E-state index < -0.39 is 0 Å². The second-order valence-electron chi connectivity index (χ2n) is 5.26. The summed E-state index contributed by atoms with van der Waals surface area (Å²) in [4.78, 5) is 17.8. The number of unbranched alkanes of at least 4 members (excludes halogenated alkanes) is 1. The smallest absolute Gasteiger partial charge is 0.227 e. The minimum atomic E-state index is 0.125. The first-order valence-corrected chi connectivity index (χ1v) is 8.01. The summed E-state index contributed by atoms with van der Waals surface area (Å²) in [5.41, 5.74) is 11.7. The van der Waals surface area contributed by atoms with Gasteiger partial charge >= 0.3 is 0 Å². The van der Waals surface area contributed by atoms with Gasteiger partial charge in [-0.25, -0.2) is 0 Å². The highest BCUT2D eigenvalue weighted by Gasteiger charge is 2.24. The number of carbonyl (C=O) groups excluding carboxylic acids is 1. The Hall–Kier alpha value is -2.04. The van der Waals surface area contributed by atoms with Gasteiger partial charge in [0.05, 0.1) is 0 Å². The normalized spacial score (nSPS) is 17.2. The number of allylic oxidation sites excluding steroid dienone is 6. The molecule has 0 bridgehead atoms. The van der Waals surface area contributed by atoms with Crippen LogP contribution in [0.3, 0.4) is 0 Å². The number of likely N-dealkylation sites (tertiary alicyclic amines) is 1. The fraction of sp³-hybridized carbons (Fsp3) is 0.529. The zero-order valence-corrected chi connectivity index (χ0v) is 13.5. The largest absolute Gasteiger partial charge is 0.370 e. The molecule has 122 valence electrons. The van der Waals surface area contributed by atoms with Gasteiger partial charge < -0.3 is 16.4 Å². The van der Waals surface area contributed by atoms with E-state index >= 15 is 0 Å². The van der Waals surface area contributed by atoms with Crippen molar-refractivity contribution in [3.63, 3.8) is 0 Å². The molecule has 1 fully saturated rings. The van der Waals surface area contributed by atoms with Crippen LogP contribution in [0.4, 0.5) is 0 Å². The minimum Gasteiger partial charge on any atom is -0.370 e. The van der Waals surface area contributed by atoms with Gasteiger partial charge in [0.1, 0.15) is 0 Å². The van der Waals surface area contributed by atoms with E-state index in [1.807, 2.05) is 11.0 Å². The van der Waals surface area contributed by atoms with Crippen molar-refractivity contribution in [3.8, 4) is 0 Å². The number of guanidine groups is 1. The first kappa shape index (κ1) is 18.0. The van der Waals surface area contributed by atoms with Crippen LogP contribution in [-0.4, -0.2) is 29.9 Å². The third-order valence-electron chi connectivity index (χ3n) is 3.43. The van der Waals surface area contributed by atoms with Gasteiger partial charge in [-0.2, -0.15) is 0 Å². The van der Waals surface area contributed by atoms with Crippen LogP contribution in [0.5, 0.6) is 0 Å². The van der Waals surface area contributed by atoms with E-state index in [-0.39, 0.29) is 11.9 Å². The molecule has 0 aliphatic carbocycles. The molecule has 0 aromatic carbocycles. The van der Waals surface area contributed by atoms with Gasteiger partial charge in [-0.3, -0.25) is 9.79 Å². The fourth-order valence-electron chi connectivity index (χ4n) is 2.30. The van der Waals surface area contributed by atoms with Gasteiger partial charge in [-0.1, -0.05) is 31.2 Å². The lowest BCUT2D eigenvalue weighted by atomic mass is 10.2. The molecule has 0 unspecified atom stereocenters. The zero-order valence-electron chi connectivity index (χ0n) is 13.5. The van der Waals surface area contributed by atoms with Crippen LogP contribution in [0, 0.1) is 0 Å². The molecule has 0 spiro atoms. The van der Waals surface area contributed by atoms with Gasteiger partial charge in [0.25, 0.3) is 0 Å². The van der Waals surface area contributed by atoms with Gasteiger partial charge in [0, 0.05) is 25.2 Å². The number of amides is 1. The summed E-state index contributed by atoms with van der Waals surface area (Å²) < 4.78 is 0. The molecule has 0 aromatic rings. The van der Waals surface area contributed by atoms with Crippen LogP contribution in [0.15, 0.2) is 41.1 Å². The molecule has 0 atom stereocenters. The van der Waals surface area contributed by atoms with E-state index in [0.717, 1.165) is 44.3 Å². The lowest BCUT2D eigenvalue weighted by Gasteiger charge is -2.17. The first-order chi connectivity index (χ1) is 10.6. The molecule has 5 nitrogen and oxygen atoms in total. The Morgan fingerprint density at radius 2 is 2.05 bits per heavy atom. The van der Waals surface area contributed by atoms with E-state index in [4.69, 9.17) is 11.5 Å². The van der Waals surface area contributed by atoms with Crippen LogP contribution >= 0.6 is 0 Å². The fourth-order valence-corrected chi connectivity index (χ4v) is 2.30. The third kappa shape index (κ3) is 7.11. The highest BCUT2D eigenvalue weighted by Crippen LogP contribution is 2.22. The Morgan fingerprint density at radius 1 is 1.23 bits per heavy atom. The maximum atomic E-state index is 11.9. The average molecular weight is 304 g/mol. The summed E-state index contributed by atoms with van der Waals surface area (Å²) in [6.07, 6.45) is 15.7. The van der Waals surface area contributed by atoms with E-state index in [2.05, 4.69) is 36.2 Å². The van der Waals surface area contributed by atoms with E-state index in [1.54, 1.807) is 0 Å². The van der Waals surface area contributed by atoms with Crippen molar-refractivity contribution in [3.05, 3.63) is 36.1 Å². The Morgan fingerprint density at radius 3 is 2.77 bits per heavy atom. The Bertz CT molecular complexity index is 459. The molecular formula is C17H28N4O. The Labute approximate surface area is 133 Å². The van der Waals surface area contributed by atoms with Crippen LogP contribution < -0.4 is 11.5 Å². The van der Waals surface area contributed by atoms with Crippen molar-refractivity contribution in [2.45, 2.75) is 45.4 Å². The van der Waals surface area contributed by atoms with Crippen LogP contribution in [-0.2, 0) is 4.79 Å². The summed E-state index contributed by atoms with van der Waals surface area (Å²) in [5.74, 6) is 0.340. The standard InChI is InChI=1S/C17H28N4O/c1-2-3-4-5-6-7-10-15-11-12-16(22)21(15)14-9-8-13-20-17(18)19/h3-4,6-7,10H,2,5,8-9,11-14H2,1H3,(H4,18,19,20). The van der Waals surface area contributed by atoms with Crippen LogP contribution in [0.1, 0.15) is 45.4 Å². The molecule has 4 N–H and O–H groups in total.